The first kappa shape index (κ1) is 20.5. The molecular weight excluding hydrogens is 384 g/mol. The standard InChI is InChI=1S/C27H28N2S/c1-17(2)21-11-8-12-22(18(3)4)27(21)28-19(5)23-13-9-14-24(29-23)26-16-20-10-6-7-15-25(20)30-26/h6-18H,1-5H3/b28-19+. The number of hydrogen-bond donors (Lipinski definition) is 0. The van der Waals surface area contributed by atoms with Crippen LogP contribution >= 0.6 is 11.3 Å². The van der Waals surface area contributed by atoms with Gasteiger partial charge in [0, 0.05) is 4.70 Å². The molecular formula is C27H28N2S. The molecule has 0 saturated heterocycles. The van der Waals surface area contributed by atoms with Gasteiger partial charge in [-0.25, -0.2) is 4.98 Å². The third-order valence-electron chi connectivity index (χ3n) is 5.42. The number of thiophene rings is 1. The van der Waals surface area contributed by atoms with E-state index in [-0.39, 0.29) is 0 Å². The van der Waals surface area contributed by atoms with Gasteiger partial charge in [-0.05, 0) is 59.5 Å². The first-order valence-corrected chi connectivity index (χ1v) is 11.4. The lowest BCUT2D eigenvalue weighted by Gasteiger charge is -2.17. The normalized spacial score (nSPS) is 12.3. The van der Waals surface area contributed by atoms with Gasteiger partial charge in [0.1, 0.15) is 0 Å². The molecule has 0 spiro atoms. The molecule has 2 aromatic carbocycles. The summed E-state index contributed by atoms with van der Waals surface area (Å²) < 4.78 is 1.29. The topological polar surface area (TPSA) is 25.2 Å². The summed E-state index contributed by atoms with van der Waals surface area (Å²) in [5.41, 5.74) is 6.58. The lowest BCUT2D eigenvalue weighted by Crippen LogP contribution is -2.01. The number of aromatic nitrogens is 1. The second kappa shape index (κ2) is 8.53. The first-order valence-electron chi connectivity index (χ1n) is 10.6. The Morgan fingerprint density at radius 3 is 2.17 bits per heavy atom. The smallest absolute Gasteiger partial charge is 0.0849 e. The van der Waals surface area contributed by atoms with Crippen molar-refractivity contribution in [1.82, 2.24) is 4.98 Å². The number of aliphatic imine (C=N–C) groups is 1. The maximum Gasteiger partial charge on any atom is 0.0849 e. The van der Waals surface area contributed by atoms with E-state index in [1.54, 1.807) is 11.3 Å². The van der Waals surface area contributed by atoms with Crippen LogP contribution in [0.3, 0.4) is 0 Å². The molecule has 30 heavy (non-hydrogen) atoms. The Hall–Kier alpha value is -2.78. The number of benzene rings is 2. The van der Waals surface area contributed by atoms with Gasteiger partial charge >= 0.3 is 0 Å². The Morgan fingerprint density at radius 1 is 0.833 bits per heavy atom. The van der Waals surface area contributed by atoms with Gasteiger partial charge in [0.2, 0.25) is 0 Å². The van der Waals surface area contributed by atoms with Crippen LogP contribution in [0.4, 0.5) is 5.69 Å². The first-order chi connectivity index (χ1) is 14.4. The molecule has 0 aliphatic heterocycles. The number of rotatable bonds is 5. The summed E-state index contributed by atoms with van der Waals surface area (Å²) in [6.07, 6.45) is 0. The van der Waals surface area contributed by atoms with Crippen LogP contribution in [0.15, 0.2) is 71.7 Å². The minimum absolute atomic E-state index is 0.424. The predicted octanol–water partition coefficient (Wildman–Crippen LogP) is 8.35. The highest BCUT2D eigenvalue weighted by molar-refractivity contribution is 7.22. The fourth-order valence-corrected chi connectivity index (χ4v) is 4.78. The van der Waals surface area contributed by atoms with Crippen molar-refractivity contribution < 1.29 is 0 Å². The van der Waals surface area contributed by atoms with Crippen LogP contribution in [0.5, 0.6) is 0 Å². The molecule has 0 saturated carbocycles. The molecule has 0 fully saturated rings. The minimum atomic E-state index is 0.424. The molecule has 4 rings (SSSR count). The third kappa shape index (κ3) is 4.08. The molecule has 0 unspecified atom stereocenters. The Morgan fingerprint density at radius 2 is 1.50 bits per heavy atom. The highest BCUT2D eigenvalue weighted by Gasteiger charge is 2.14. The van der Waals surface area contributed by atoms with Crippen molar-refractivity contribution in [3.05, 3.63) is 83.6 Å². The quantitative estimate of drug-likeness (QED) is 0.302. The lowest BCUT2D eigenvalue weighted by molar-refractivity contribution is 0.834. The molecule has 0 bridgehead atoms. The van der Waals surface area contributed by atoms with E-state index >= 15 is 0 Å². The molecule has 0 atom stereocenters. The highest BCUT2D eigenvalue weighted by atomic mass is 32.1. The summed E-state index contributed by atoms with van der Waals surface area (Å²) in [7, 11) is 0. The van der Waals surface area contributed by atoms with Crippen molar-refractivity contribution >= 4 is 32.8 Å². The van der Waals surface area contributed by atoms with E-state index in [1.165, 1.54) is 26.1 Å². The van der Waals surface area contributed by atoms with Crippen LogP contribution in [-0.4, -0.2) is 10.7 Å². The van der Waals surface area contributed by atoms with E-state index in [2.05, 4.69) is 101 Å². The number of para-hydroxylation sites is 1. The molecule has 0 amide bonds. The lowest BCUT2D eigenvalue weighted by atomic mass is 9.93. The largest absolute Gasteiger partial charge is 0.251 e. The molecule has 152 valence electrons. The van der Waals surface area contributed by atoms with Crippen molar-refractivity contribution in [3.8, 4) is 10.6 Å². The van der Waals surface area contributed by atoms with Gasteiger partial charge in [-0.1, -0.05) is 70.2 Å². The average molecular weight is 413 g/mol. The average Bonchev–Trinajstić information content (AvgIpc) is 3.18. The van der Waals surface area contributed by atoms with Crippen LogP contribution in [0.1, 0.15) is 63.3 Å². The van der Waals surface area contributed by atoms with E-state index in [1.807, 2.05) is 0 Å². The summed E-state index contributed by atoms with van der Waals surface area (Å²) >= 11 is 1.79. The Balaban J connectivity index is 1.77. The number of hydrogen-bond acceptors (Lipinski definition) is 3. The summed E-state index contributed by atoms with van der Waals surface area (Å²) in [5.74, 6) is 0.848. The van der Waals surface area contributed by atoms with Gasteiger partial charge in [-0.15, -0.1) is 11.3 Å². The number of nitrogens with zero attached hydrogens (tertiary/aromatic N) is 2. The molecule has 2 aromatic heterocycles. The summed E-state index contributed by atoms with van der Waals surface area (Å²) in [4.78, 5) is 11.3. The molecule has 0 radical (unpaired) electrons. The van der Waals surface area contributed by atoms with Gasteiger partial charge in [0.05, 0.1) is 27.7 Å². The van der Waals surface area contributed by atoms with Crippen LogP contribution in [0, 0.1) is 0 Å². The second-order valence-corrected chi connectivity index (χ2v) is 9.43. The van der Waals surface area contributed by atoms with E-state index < -0.39 is 0 Å². The van der Waals surface area contributed by atoms with E-state index in [9.17, 15) is 0 Å². The maximum atomic E-state index is 5.11. The predicted molar refractivity (Wildman–Crippen MR) is 132 cm³/mol. The zero-order valence-electron chi connectivity index (χ0n) is 18.3. The fraction of sp³-hybridized carbons (Fsp3) is 0.259. The van der Waals surface area contributed by atoms with Crippen LogP contribution in [0.2, 0.25) is 0 Å². The number of pyridine rings is 1. The van der Waals surface area contributed by atoms with Crippen LogP contribution < -0.4 is 0 Å². The summed E-state index contributed by atoms with van der Waals surface area (Å²) in [5, 5.41) is 1.27. The zero-order chi connectivity index (χ0) is 21.3. The molecule has 0 aliphatic carbocycles. The fourth-order valence-electron chi connectivity index (χ4n) is 3.75. The molecule has 0 aliphatic rings. The van der Waals surface area contributed by atoms with Gasteiger partial charge in [0.25, 0.3) is 0 Å². The minimum Gasteiger partial charge on any atom is -0.251 e. The highest BCUT2D eigenvalue weighted by Crippen LogP contribution is 2.36. The van der Waals surface area contributed by atoms with Gasteiger partial charge in [-0.2, -0.15) is 0 Å². The van der Waals surface area contributed by atoms with Crippen molar-refractivity contribution in [1.29, 1.82) is 0 Å². The van der Waals surface area contributed by atoms with E-state index in [4.69, 9.17) is 9.98 Å². The summed E-state index contributed by atoms with van der Waals surface area (Å²) in [6.45, 7) is 11.0. The van der Waals surface area contributed by atoms with Crippen molar-refractivity contribution in [2.45, 2.75) is 46.5 Å². The van der Waals surface area contributed by atoms with Gasteiger partial charge in [0.15, 0.2) is 0 Å². The third-order valence-corrected chi connectivity index (χ3v) is 6.56. The summed E-state index contributed by atoms with van der Waals surface area (Å²) in [6, 6.07) is 23.5. The molecule has 3 heteroatoms. The maximum absolute atomic E-state index is 5.11. The SMILES string of the molecule is C/C(=N\c1c(C(C)C)cccc1C(C)C)c1cccc(-c2cc3ccccc3s2)n1. The van der Waals surface area contributed by atoms with Crippen molar-refractivity contribution in [2.75, 3.05) is 0 Å². The molecule has 2 nitrogen and oxygen atoms in total. The molecule has 2 heterocycles. The monoisotopic (exact) mass is 412 g/mol. The Bertz CT molecular complexity index is 1160. The zero-order valence-corrected chi connectivity index (χ0v) is 19.1. The Labute approximate surface area is 183 Å². The van der Waals surface area contributed by atoms with E-state index in [0.29, 0.717) is 11.8 Å². The number of fused-ring (bicyclic) bond motifs is 1. The molecule has 4 aromatic rings. The van der Waals surface area contributed by atoms with Gasteiger partial charge in [-0.3, -0.25) is 4.99 Å². The Kier molecular flexibility index (Phi) is 5.83. The van der Waals surface area contributed by atoms with Gasteiger partial charge < -0.3 is 0 Å². The van der Waals surface area contributed by atoms with Crippen LogP contribution in [-0.2, 0) is 0 Å². The van der Waals surface area contributed by atoms with Crippen molar-refractivity contribution in [3.63, 3.8) is 0 Å². The van der Waals surface area contributed by atoms with E-state index in [0.717, 1.165) is 22.8 Å². The second-order valence-electron chi connectivity index (χ2n) is 8.35. The van der Waals surface area contributed by atoms with Crippen molar-refractivity contribution in [2.24, 2.45) is 4.99 Å². The van der Waals surface area contributed by atoms with Crippen LogP contribution in [0.25, 0.3) is 20.7 Å². The molecule has 0 N–H and O–H groups in total.